The van der Waals surface area contributed by atoms with Crippen molar-refractivity contribution in [2.75, 3.05) is 13.7 Å². The number of esters is 1. The minimum Gasteiger partial charge on any atom is -0.465 e. The first-order valence-corrected chi connectivity index (χ1v) is 5.64. The Labute approximate surface area is 106 Å². The van der Waals surface area contributed by atoms with Crippen LogP contribution >= 0.6 is 0 Å². The molecule has 0 fully saturated rings. The highest BCUT2D eigenvalue weighted by molar-refractivity contribution is 5.94. The Kier molecular flexibility index (Phi) is 5.46. The minimum atomic E-state index is -0.327. The van der Waals surface area contributed by atoms with E-state index in [2.05, 4.69) is 17.2 Å². The van der Waals surface area contributed by atoms with Crippen LogP contribution in [-0.4, -0.2) is 25.5 Å². The minimum absolute atomic E-state index is 0.0744. The van der Waals surface area contributed by atoms with E-state index in [-0.39, 0.29) is 18.3 Å². The van der Waals surface area contributed by atoms with Gasteiger partial charge in [-0.1, -0.05) is 11.8 Å². The van der Waals surface area contributed by atoms with Crippen molar-refractivity contribution in [3.05, 3.63) is 35.4 Å². The Morgan fingerprint density at radius 3 is 2.50 bits per heavy atom. The molecule has 0 spiro atoms. The number of ether oxygens (including phenoxy) is 1. The molecule has 1 aromatic rings. The number of carbonyl (C=O) groups excluding carboxylic acids is 2. The van der Waals surface area contributed by atoms with Crippen molar-refractivity contribution in [3.63, 3.8) is 0 Å². The third-order valence-electron chi connectivity index (χ3n) is 2.14. The van der Waals surface area contributed by atoms with Gasteiger partial charge in [0.15, 0.2) is 0 Å². The highest BCUT2D eigenvalue weighted by Gasteiger charge is 2.01. The van der Waals surface area contributed by atoms with Crippen molar-refractivity contribution in [1.82, 2.24) is 5.32 Å². The SMILES string of the molecule is CCOC(=O)CC#Cc1ccc(C(=O)NC)cc1. The molecular formula is C14H15NO3. The van der Waals surface area contributed by atoms with E-state index in [9.17, 15) is 9.59 Å². The third kappa shape index (κ3) is 4.30. The molecule has 1 amide bonds. The topological polar surface area (TPSA) is 55.4 Å². The zero-order valence-electron chi connectivity index (χ0n) is 10.4. The van der Waals surface area contributed by atoms with E-state index >= 15 is 0 Å². The number of hydrogen-bond donors (Lipinski definition) is 1. The molecule has 94 valence electrons. The molecule has 1 rings (SSSR count). The summed E-state index contributed by atoms with van der Waals surface area (Å²) in [7, 11) is 1.58. The number of benzene rings is 1. The quantitative estimate of drug-likeness (QED) is 0.646. The Morgan fingerprint density at radius 1 is 1.28 bits per heavy atom. The van der Waals surface area contributed by atoms with Crippen molar-refractivity contribution in [1.29, 1.82) is 0 Å². The molecule has 1 aromatic carbocycles. The molecule has 0 saturated heterocycles. The third-order valence-corrected chi connectivity index (χ3v) is 2.14. The lowest BCUT2D eigenvalue weighted by Crippen LogP contribution is -2.17. The highest BCUT2D eigenvalue weighted by atomic mass is 16.5. The lowest BCUT2D eigenvalue weighted by atomic mass is 10.1. The Morgan fingerprint density at radius 2 is 1.94 bits per heavy atom. The summed E-state index contributed by atoms with van der Waals surface area (Å²) in [5.41, 5.74) is 1.33. The molecule has 4 heteroatoms. The fraction of sp³-hybridized carbons (Fsp3) is 0.286. The molecule has 0 saturated carbocycles. The monoisotopic (exact) mass is 245 g/mol. The summed E-state index contributed by atoms with van der Waals surface area (Å²) in [6.45, 7) is 2.12. The van der Waals surface area contributed by atoms with Crippen molar-refractivity contribution in [2.45, 2.75) is 13.3 Å². The summed E-state index contributed by atoms with van der Waals surface area (Å²) >= 11 is 0. The first-order valence-electron chi connectivity index (χ1n) is 5.64. The molecule has 0 aliphatic heterocycles. The zero-order chi connectivity index (χ0) is 13.4. The Bertz CT molecular complexity index is 480. The molecule has 0 unspecified atom stereocenters. The van der Waals surface area contributed by atoms with E-state index < -0.39 is 0 Å². The first kappa shape index (κ1) is 13.8. The number of rotatable bonds is 3. The number of nitrogens with one attached hydrogen (secondary N) is 1. The Balaban J connectivity index is 2.61. The Hall–Kier alpha value is -2.28. The van der Waals surface area contributed by atoms with Gasteiger partial charge in [-0.3, -0.25) is 9.59 Å². The summed E-state index contributed by atoms with van der Waals surface area (Å²) in [5.74, 6) is 5.09. The summed E-state index contributed by atoms with van der Waals surface area (Å²) in [5, 5.41) is 2.54. The molecule has 1 N–H and O–H groups in total. The van der Waals surface area contributed by atoms with Crippen LogP contribution in [0.4, 0.5) is 0 Å². The van der Waals surface area contributed by atoms with E-state index in [4.69, 9.17) is 4.74 Å². The summed E-state index contributed by atoms with van der Waals surface area (Å²) in [6.07, 6.45) is 0.0744. The molecule has 0 aromatic heterocycles. The van der Waals surface area contributed by atoms with Crippen molar-refractivity contribution >= 4 is 11.9 Å². The van der Waals surface area contributed by atoms with Gasteiger partial charge in [-0.15, -0.1) is 0 Å². The van der Waals surface area contributed by atoms with Crippen molar-refractivity contribution in [3.8, 4) is 11.8 Å². The fourth-order valence-corrected chi connectivity index (χ4v) is 1.28. The van der Waals surface area contributed by atoms with Crippen LogP contribution in [0.5, 0.6) is 0 Å². The van der Waals surface area contributed by atoms with E-state index in [1.54, 1.807) is 38.2 Å². The standard InChI is InChI=1S/C14H15NO3/c1-3-18-13(16)6-4-5-11-7-9-12(10-8-11)14(17)15-2/h7-10H,3,6H2,1-2H3,(H,15,17). The van der Waals surface area contributed by atoms with Crippen LogP contribution in [0, 0.1) is 11.8 Å². The van der Waals surface area contributed by atoms with Crippen LogP contribution < -0.4 is 5.32 Å². The molecular weight excluding hydrogens is 230 g/mol. The predicted molar refractivity (Wildman–Crippen MR) is 68.0 cm³/mol. The molecule has 0 aliphatic rings. The summed E-state index contributed by atoms with van der Waals surface area (Å²) in [4.78, 5) is 22.3. The second kappa shape index (κ2) is 7.13. The smallest absolute Gasteiger partial charge is 0.317 e. The molecule has 0 aliphatic carbocycles. The second-order valence-corrected chi connectivity index (χ2v) is 3.44. The maximum absolute atomic E-state index is 11.3. The fourth-order valence-electron chi connectivity index (χ4n) is 1.28. The maximum Gasteiger partial charge on any atom is 0.317 e. The van der Waals surface area contributed by atoms with E-state index in [0.717, 1.165) is 5.56 Å². The van der Waals surface area contributed by atoms with Gasteiger partial charge in [0, 0.05) is 18.2 Å². The van der Waals surface area contributed by atoms with Crippen LogP contribution in [0.25, 0.3) is 0 Å². The number of amides is 1. The van der Waals surface area contributed by atoms with Gasteiger partial charge in [-0.2, -0.15) is 0 Å². The van der Waals surface area contributed by atoms with Gasteiger partial charge in [-0.25, -0.2) is 0 Å². The number of carbonyl (C=O) groups is 2. The molecule has 18 heavy (non-hydrogen) atoms. The second-order valence-electron chi connectivity index (χ2n) is 3.44. The largest absolute Gasteiger partial charge is 0.465 e. The van der Waals surface area contributed by atoms with E-state index in [1.165, 1.54) is 0 Å². The van der Waals surface area contributed by atoms with Gasteiger partial charge < -0.3 is 10.1 Å². The predicted octanol–water partition coefficient (Wildman–Crippen LogP) is 1.35. The molecule has 4 nitrogen and oxygen atoms in total. The normalized spacial score (nSPS) is 9.00. The van der Waals surface area contributed by atoms with Crippen molar-refractivity contribution < 1.29 is 14.3 Å². The van der Waals surface area contributed by atoms with Crippen LogP contribution in [0.3, 0.4) is 0 Å². The first-order chi connectivity index (χ1) is 8.67. The van der Waals surface area contributed by atoms with Gasteiger partial charge in [0.05, 0.1) is 6.61 Å². The molecule has 0 heterocycles. The molecule has 0 bridgehead atoms. The van der Waals surface area contributed by atoms with Gasteiger partial charge in [0.1, 0.15) is 6.42 Å². The van der Waals surface area contributed by atoms with Gasteiger partial charge >= 0.3 is 5.97 Å². The van der Waals surface area contributed by atoms with Gasteiger partial charge in [0.2, 0.25) is 0 Å². The maximum atomic E-state index is 11.3. The summed E-state index contributed by atoms with van der Waals surface area (Å²) in [6, 6.07) is 6.85. The van der Waals surface area contributed by atoms with Crippen LogP contribution in [0.1, 0.15) is 29.3 Å². The summed E-state index contributed by atoms with van der Waals surface area (Å²) < 4.78 is 4.75. The lowest BCUT2D eigenvalue weighted by Gasteiger charge is -1.98. The highest BCUT2D eigenvalue weighted by Crippen LogP contribution is 2.03. The number of hydrogen-bond acceptors (Lipinski definition) is 3. The van der Waals surface area contributed by atoms with E-state index in [0.29, 0.717) is 12.2 Å². The van der Waals surface area contributed by atoms with Crippen molar-refractivity contribution in [2.24, 2.45) is 0 Å². The average molecular weight is 245 g/mol. The van der Waals surface area contributed by atoms with Crippen LogP contribution in [0.15, 0.2) is 24.3 Å². The van der Waals surface area contributed by atoms with E-state index in [1.807, 2.05) is 0 Å². The van der Waals surface area contributed by atoms with Crippen LogP contribution in [-0.2, 0) is 9.53 Å². The zero-order valence-corrected chi connectivity index (χ0v) is 10.4. The molecule has 0 radical (unpaired) electrons. The molecule has 0 atom stereocenters. The lowest BCUT2D eigenvalue weighted by molar-refractivity contribution is -0.141. The average Bonchev–Trinajstić information content (AvgIpc) is 2.39. The van der Waals surface area contributed by atoms with Gasteiger partial charge in [0.25, 0.3) is 5.91 Å². The van der Waals surface area contributed by atoms with Gasteiger partial charge in [-0.05, 0) is 31.2 Å². The van der Waals surface area contributed by atoms with Crippen LogP contribution in [0.2, 0.25) is 0 Å².